The molecule has 0 atom stereocenters. The summed E-state index contributed by atoms with van der Waals surface area (Å²) >= 11 is 1.70. The van der Waals surface area contributed by atoms with Gasteiger partial charge in [-0.1, -0.05) is 0 Å². The third-order valence-electron chi connectivity index (χ3n) is 1.67. The van der Waals surface area contributed by atoms with Crippen molar-refractivity contribution in [2.24, 2.45) is 5.73 Å². The fourth-order valence-corrected chi connectivity index (χ4v) is 1.67. The SMILES string of the molecule is Cc1nc(C(F)F)c(I)cc1C(N)=O. The maximum Gasteiger partial charge on any atom is 0.281 e. The summed E-state index contributed by atoms with van der Waals surface area (Å²) < 4.78 is 25.0. The number of primary amides is 1. The van der Waals surface area contributed by atoms with Gasteiger partial charge in [-0.25, -0.2) is 8.78 Å². The van der Waals surface area contributed by atoms with Crippen LogP contribution in [0.15, 0.2) is 6.07 Å². The topological polar surface area (TPSA) is 56.0 Å². The van der Waals surface area contributed by atoms with E-state index in [1.807, 2.05) is 0 Å². The monoisotopic (exact) mass is 312 g/mol. The molecule has 0 aliphatic rings. The van der Waals surface area contributed by atoms with Crippen molar-refractivity contribution in [3.8, 4) is 0 Å². The molecule has 0 saturated heterocycles. The van der Waals surface area contributed by atoms with Gasteiger partial charge in [-0.15, -0.1) is 0 Å². The summed E-state index contributed by atoms with van der Waals surface area (Å²) in [5, 5.41) is 0. The number of rotatable bonds is 2. The van der Waals surface area contributed by atoms with Crippen molar-refractivity contribution in [1.82, 2.24) is 4.98 Å². The predicted octanol–water partition coefficient (Wildman–Crippen LogP) is 2.03. The number of aromatic nitrogens is 1. The Morgan fingerprint density at radius 3 is 2.64 bits per heavy atom. The quantitative estimate of drug-likeness (QED) is 0.850. The van der Waals surface area contributed by atoms with Crippen LogP contribution in [-0.2, 0) is 0 Å². The van der Waals surface area contributed by atoms with Crippen LogP contribution < -0.4 is 5.73 Å². The smallest absolute Gasteiger partial charge is 0.281 e. The fraction of sp³-hybridized carbons (Fsp3) is 0.250. The van der Waals surface area contributed by atoms with Gasteiger partial charge in [0.2, 0.25) is 0 Å². The fourth-order valence-electron chi connectivity index (χ4n) is 1.00. The zero-order valence-corrected chi connectivity index (χ0v) is 9.38. The first-order chi connectivity index (χ1) is 6.43. The molecule has 0 fully saturated rings. The van der Waals surface area contributed by atoms with Gasteiger partial charge in [0, 0.05) is 3.57 Å². The number of amides is 1. The second kappa shape index (κ2) is 4.16. The van der Waals surface area contributed by atoms with Crippen molar-refractivity contribution in [2.75, 3.05) is 0 Å². The minimum Gasteiger partial charge on any atom is -0.366 e. The average molecular weight is 312 g/mol. The maximum atomic E-state index is 12.4. The molecule has 3 nitrogen and oxygen atoms in total. The van der Waals surface area contributed by atoms with Gasteiger partial charge in [-0.3, -0.25) is 9.78 Å². The largest absolute Gasteiger partial charge is 0.366 e. The van der Waals surface area contributed by atoms with E-state index in [0.717, 1.165) is 0 Å². The Labute approximate surface area is 92.8 Å². The summed E-state index contributed by atoms with van der Waals surface area (Å²) in [4.78, 5) is 14.5. The van der Waals surface area contributed by atoms with E-state index < -0.39 is 12.3 Å². The summed E-state index contributed by atoms with van der Waals surface area (Å²) in [6.07, 6.45) is -2.64. The summed E-state index contributed by atoms with van der Waals surface area (Å²) in [5.74, 6) is -0.659. The molecular formula is C8H7F2IN2O. The molecule has 1 heterocycles. The third-order valence-corrected chi connectivity index (χ3v) is 2.53. The first-order valence-electron chi connectivity index (χ1n) is 3.68. The van der Waals surface area contributed by atoms with Gasteiger partial charge in [0.25, 0.3) is 12.3 Å². The van der Waals surface area contributed by atoms with E-state index in [2.05, 4.69) is 4.98 Å². The highest BCUT2D eigenvalue weighted by molar-refractivity contribution is 14.1. The van der Waals surface area contributed by atoms with Crippen molar-refractivity contribution in [3.63, 3.8) is 0 Å². The summed E-state index contributed by atoms with van der Waals surface area (Å²) in [6.45, 7) is 1.47. The summed E-state index contributed by atoms with van der Waals surface area (Å²) in [6, 6.07) is 1.33. The van der Waals surface area contributed by atoms with Gasteiger partial charge in [0.05, 0.1) is 11.3 Å². The number of hydrogen-bond donors (Lipinski definition) is 1. The highest BCUT2D eigenvalue weighted by Gasteiger charge is 2.17. The van der Waals surface area contributed by atoms with E-state index in [4.69, 9.17) is 5.73 Å². The van der Waals surface area contributed by atoms with Crippen LogP contribution in [0.1, 0.15) is 28.2 Å². The number of carbonyl (C=O) groups is 1. The molecule has 0 aliphatic carbocycles. The van der Waals surface area contributed by atoms with Crippen LogP contribution in [0.25, 0.3) is 0 Å². The second-order valence-corrected chi connectivity index (χ2v) is 3.82. The van der Waals surface area contributed by atoms with Crippen LogP contribution in [-0.4, -0.2) is 10.9 Å². The van der Waals surface area contributed by atoms with Crippen LogP contribution >= 0.6 is 22.6 Å². The van der Waals surface area contributed by atoms with Crippen molar-refractivity contribution in [1.29, 1.82) is 0 Å². The second-order valence-electron chi connectivity index (χ2n) is 2.65. The van der Waals surface area contributed by atoms with Crippen LogP contribution in [0.3, 0.4) is 0 Å². The van der Waals surface area contributed by atoms with Gasteiger partial charge < -0.3 is 5.73 Å². The molecule has 76 valence electrons. The molecule has 0 bridgehead atoms. The lowest BCUT2D eigenvalue weighted by Gasteiger charge is -2.06. The van der Waals surface area contributed by atoms with Crippen LogP contribution in [0.4, 0.5) is 8.78 Å². The van der Waals surface area contributed by atoms with Gasteiger partial charge in [0.15, 0.2) is 0 Å². The van der Waals surface area contributed by atoms with E-state index in [0.29, 0.717) is 0 Å². The molecule has 0 aromatic carbocycles. The van der Waals surface area contributed by atoms with Gasteiger partial charge in [-0.2, -0.15) is 0 Å². The number of nitrogens with zero attached hydrogens (tertiary/aromatic N) is 1. The standard InChI is InChI=1S/C8H7F2IN2O/c1-3-4(8(12)14)2-5(11)6(13-3)7(9)10/h2,7H,1H3,(H2,12,14). The lowest BCUT2D eigenvalue weighted by atomic mass is 10.2. The Balaban J connectivity index is 3.31. The van der Waals surface area contributed by atoms with E-state index in [1.54, 1.807) is 22.6 Å². The Morgan fingerprint density at radius 1 is 1.64 bits per heavy atom. The number of carbonyl (C=O) groups excluding carboxylic acids is 1. The highest BCUT2D eigenvalue weighted by Crippen LogP contribution is 2.24. The van der Waals surface area contributed by atoms with E-state index >= 15 is 0 Å². The van der Waals surface area contributed by atoms with E-state index in [1.165, 1.54) is 13.0 Å². The minimum absolute atomic E-state index is 0.179. The lowest BCUT2D eigenvalue weighted by Crippen LogP contribution is -2.15. The third kappa shape index (κ3) is 2.17. The molecule has 2 N–H and O–H groups in total. The average Bonchev–Trinajstić information content (AvgIpc) is 2.07. The Bertz CT molecular complexity index is 382. The predicted molar refractivity (Wildman–Crippen MR) is 55.2 cm³/mol. The first kappa shape index (κ1) is 11.3. The Morgan fingerprint density at radius 2 is 2.21 bits per heavy atom. The van der Waals surface area contributed by atoms with Crippen molar-refractivity contribution >= 4 is 28.5 Å². The summed E-state index contributed by atoms with van der Waals surface area (Å²) in [5.41, 5.74) is 5.14. The van der Waals surface area contributed by atoms with E-state index in [-0.39, 0.29) is 20.5 Å². The highest BCUT2D eigenvalue weighted by atomic mass is 127. The summed E-state index contributed by atoms with van der Waals surface area (Å²) in [7, 11) is 0. The molecular weight excluding hydrogens is 305 g/mol. The minimum atomic E-state index is -2.64. The van der Waals surface area contributed by atoms with Crippen LogP contribution in [0.5, 0.6) is 0 Å². The molecule has 6 heteroatoms. The van der Waals surface area contributed by atoms with Crippen molar-refractivity contribution in [3.05, 3.63) is 26.6 Å². The lowest BCUT2D eigenvalue weighted by molar-refractivity contribution is 0.0998. The van der Waals surface area contributed by atoms with Crippen LogP contribution in [0, 0.1) is 10.5 Å². The number of halogens is 3. The maximum absolute atomic E-state index is 12.4. The molecule has 14 heavy (non-hydrogen) atoms. The van der Waals surface area contributed by atoms with Crippen molar-refractivity contribution in [2.45, 2.75) is 13.3 Å². The number of aryl methyl sites for hydroxylation is 1. The Kier molecular flexibility index (Phi) is 3.35. The number of hydrogen-bond acceptors (Lipinski definition) is 2. The van der Waals surface area contributed by atoms with Gasteiger partial charge in [-0.05, 0) is 35.6 Å². The van der Waals surface area contributed by atoms with E-state index in [9.17, 15) is 13.6 Å². The van der Waals surface area contributed by atoms with Gasteiger partial charge in [0.1, 0.15) is 5.69 Å². The van der Waals surface area contributed by atoms with Crippen LogP contribution in [0.2, 0.25) is 0 Å². The molecule has 0 spiro atoms. The molecule has 1 amide bonds. The van der Waals surface area contributed by atoms with Crippen molar-refractivity contribution < 1.29 is 13.6 Å². The zero-order valence-electron chi connectivity index (χ0n) is 7.22. The zero-order chi connectivity index (χ0) is 10.9. The molecule has 0 saturated carbocycles. The number of alkyl halides is 2. The Hall–Kier alpha value is -0.790. The number of nitrogens with two attached hydrogens (primary N) is 1. The normalized spacial score (nSPS) is 10.6. The van der Waals surface area contributed by atoms with Gasteiger partial charge >= 0.3 is 0 Å². The molecule has 1 rings (SSSR count). The molecule has 1 aromatic rings. The molecule has 0 radical (unpaired) electrons. The molecule has 1 aromatic heterocycles. The molecule has 0 aliphatic heterocycles. The molecule has 0 unspecified atom stereocenters. The number of pyridine rings is 1. The first-order valence-corrected chi connectivity index (χ1v) is 4.76.